The van der Waals surface area contributed by atoms with E-state index in [4.69, 9.17) is 9.47 Å². The summed E-state index contributed by atoms with van der Waals surface area (Å²) in [5.74, 6) is 3.99. The number of ether oxygens (including phenoxy) is 2. The Morgan fingerprint density at radius 2 is 2.00 bits per heavy atom. The van der Waals surface area contributed by atoms with Gasteiger partial charge in [-0.05, 0) is 63.5 Å². The first-order chi connectivity index (χ1) is 9.74. The molecule has 1 spiro atoms. The Kier molecular flexibility index (Phi) is 4.96. The first-order valence-electron chi connectivity index (χ1n) is 8.25. The van der Waals surface area contributed by atoms with Gasteiger partial charge in [-0.1, -0.05) is 0 Å². The number of hydrogen-bond acceptors (Lipinski definition) is 4. The lowest BCUT2D eigenvalue weighted by molar-refractivity contribution is -0.110. The zero-order valence-electron chi connectivity index (χ0n) is 12.9. The summed E-state index contributed by atoms with van der Waals surface area (Å²) in [6.45, 7) is 4.14. The van der Waals surface area contributed by atoms with Gasteiger partial charge in [-0.25, -0.2) is 0 Å². The monoisotopic (exact) mass is 299 g/mol. The van der Waals surface area contributed by atoms with Crippen molar-refractivity contribution in [1.82, 2.24) is 5.32 Å². The van der Waals surface area contributed by atoms with Gasteiger partial charge in [-0.3, -0.25) is 0 Å². The van der Waals surface area contributed by atoms with Crippen molar-refractivity contribution in [2.75, 3.05) is 31.8 Å². The van der Waals surface area contributed by atoms with E-state index in [1.165, 1.54) is 43.6 Å². The van der Waals surface area contributed by atoms with E-state index in [1.807, 2.05) is 0 Å². The SMILES string of the molecule is CNC(C1CCOC2(CCSCC2)C1)C1CCOC1C. The van der Waals surface area contributed by atoms with Crippen LogP contribution < -0.4 is 5.32 Å². The van der Waals surface area contributed by atoms with Crippen molar-refractivity contribution in [3.63, 3.8) is 0 Å². The van der Waals surface area contributed by atoms with Crippen LogP contribution in [-0.2, 0) is 9.47 Å². The second-order valence-corrected chi connectivity index (χ2v) is 7.96. The average molecular weight is 299 g/mol. The van der Waals surface area contributed by atoms with E-state index in [0.29, 0.717) is 18.1 Å². The van der Waals surface area contributed by atoms with Crippen LogP contribution in [0.15, 0.2) is 0 Å². The highest BCUT2D eigenvalue weighted by Crippen LogP contribution is 2.42. The molecule has 0 aliphatic carbocycles. The molecule has 3 rings (SSSR count). The van der Waals surface area contributed by atoms with Gasteiger partial charge in [0.15, 0.2) is 0 Å². The summed E-state index contributed by atoms with van der Waals surface area (Å²) in [5.41, 5.74) is 0.200. The largest absolute Gasteiger partial charge is 0.378 e. The molecule has 3 nitrogen and oxygen atoms in total. The predicted molar refractivity (Wildman–Crippen MR) is 84.3 cm³/mol. The van der Waals surface area contributed by atoms with Gasteiger partial charge in [0.05, 0.1) is 11.7 Å². The minimum atomic E-state index is 0.200. The van der Waals surface area contributed by atoms with Crippen molar-refractivity contribution in [1.29, 1.82) is 0 Å². The van der Waals surface area contributed by atoms with Crippen LogP contribution in [-0.4, -0.2) is 49.5 Å². The van der Waals surface area contributed by atoms with Gasteiger partial charge in [0.25, 0.3) is 0 Å². The van der Waals surface area contributed by atoms with Gasteiger partial charge in [-0.15, -0.1) is 0 Å². The third-order valence-corrected chi connectivity index (χ3v) is 6.66. The molecule has 3 aliphatic heterocycles. The summed E-state index contributed by atoms with van der Waals surface area (Å²) >= 11 is 2.09. The Hall–Kier alpha value is 0.230. The molecular formula is C16H29NO2S. The summed E-state index contributed by atoms with van der Waals surface area (Å²) in [5, 5.41) is 3.63. The molecule has 0 aromatic carbocycles. The minimum absolute atomic E-state index is 0.200. The molecular weight excluding hydrogens is 270 g/mol. The lowest BCUT2D eigenvalue weighted by atomic mass is 9.74. The van der Waals surface area contributed by atoms with Crippen molar-refractivity contribution in [2.45, 2.75) is 56.8 Å². The van der Waals surface area contributed by atoms with Gasteiger partial charge in [0.1, 0.15) is 0 Å². The Balaban J connectivity index is 1.68. The highest BCUT2D eigenvalue weighted by atomic mass is 32.2. The Morgan fingerprint density at radius 3 is 2.65 bits per heavy atom. The van der Waals surface area contributed by atoms with Crippen LogP contribution in [0, 0.1) is 11.8 Å². The van der Waals surface area contributed by atoms with Crippen LogP contribution in [0.1, 0.15) is 39.0 Å². The Morgan fingerprint density at radius 1 is 1.20 bits per heavy atom. The van der Waals surface area contributed by atoms with Crippen LogP contribution in [0.3, 0.4) is 0 Å². The number of hydrogen-bond donors (Lipinski definition) is 1. The Labute approximate surface area is 127 Å². The number of rotatable bonds is 3. The van der Waals surface area contributed by atoms with Crippen LogP contribution >= 0.6 is 11.8 Å². The molecule has 3 saturated heterocycles. The fourth-order valence-corrected chi connectivity index (χ4v) is 5.72. The highest BCUT2D eigenvalue weighted by molar-refractivity contribution is 7.99. The van der Waals surface area contributed by atoms with Crippen molar-refractivity contribution >= 4 is 11.8 Å². The molecule has 0 bridgehead atoms. The second-order valence-electron chi connectivity index (χ2n) is 6.74. The summed E-state index contributed by atoms with van der Waals surface area (Å²) in [4.78, 5) is 0. The lowest BCUT2D eigenvalue weighted by Gasteiger charge is -2.46. The van der Waals surface area contributed by atoms with Crippen molar-refractivity contribution in [3.05, 3.63) is 0 Å². The molecule has 0 radical (unpaired) electrons. The first kappa shape index (κ1) is 15.1. The quantitative estimate of drug-likeness (QED) is 0.868. The van der Waals surface area contributed by atoms with Crippen molar-refractivity contribution < 1.29 is 9.47 Å². The molecule has 116 valence electrons. The van der Waals surface area contributed by atoms with Crippen molar-refractivity contribution in [3.8, 4) is 0 Å². The molecule has 0 amide bonds. The van der Waals surface area contributed by atoms with Gasteiger partial charge in [0.2, 0.25) is 0 Å². The third kappa shape index (κ3) is 3.03. The molecule has 0 aromatic heterocycles. The molecule has 1 N–H and O–H groups in total. The van der Waals surface area contributed by atoms with Crippen molar-refractivity contribution in [2.24, 2.45) is 11.8 Å². The maximum atomic E-state index is 6.25. The van der Waals surface area contributed by atoms with Gasteiger partial charge in [0, 0.05) is 25.2 Å². The zero-order valence-corrected chi connectivity index (χ0v) is 13.7. The topological polar surface area (TPSA) is 30.5 Å². The van der Waals surface area contributed by atoms with Gasteiger partial charge < -0.3 is 14.8 Å². The molecule has 4 unspecified atom stereocenters. The highest BCUT2D eigenvalue weighted by Gasteiger charge is 2.44. The third-order valence-electron chi connectivity index (χ3n) is 5.67. The van der Waals surface area contributed by atoms with Crippen LogP contribution in [0.2, 0.25) is 0 Å². The summed E-state index contributed by atoms with van der Waals surface area (Å²) in [6.07, 6.45) is 6.59. The fourth-order valence-electron chi connectivity index (χ4n) is 4.48. The number of thioether (sulfide) groups is 1. The smallest absolute Gasteiger partial charge is 0.0701 e. The molecule has 3 fully saturated rings. The maximum Gasteiger partial charge on any atom is 0.0701 e. The minimum Gasteiger partial charge on any atom is -0.378 e. The van der Waals surface area contributed by atoms with Crippen LogP contribution in [0.25, 0.3) is 0 Å². The molecule has 3 heterocycles. The van der Waals surface area contributed by atoms with E-state index in [-0.39, 0.29) is 5.60 Å². The van der Waals surface area contributed by atoms with E-state index in [9.17, 15) is 0 Å². The predicted octanol–water partition coefficient (Wildman–Crippen LogP) is 2.69. The lowest BCUT2D eigenvalue weighted by Crippen LogP contribution is -2.51. The molecule has 0 saturated carbocycles. The summed E-state index contributed by atoms with van der Waals surface area (Å²) in [6, 6.07) is 0.600. The second kappa shape index (κ2) is 6.55. The Bertz CT molecular complexity index is 314. The summed E-state index contributed by atoms with van der Waals surface area (Å²) < 4.78 is 12.0. The first-order valence-corrected chi connectivity index (χ1v) is 9.40. The normalized spacial score (nSPS) is 39.0. The van der Waals surface area contributed by atoms with E-state index in [2.05, 4.69) is 31.1 Å². The molecule has 4 atom stereocenters. The van der Waals surface area contributed by atoms with E-state index >= 15 is 0 Å². The standard InChI is InChI=1S/C16H29NO2S/c1-12-14(4-7-18-12)15(17-2)13-3-8-19-16(11-13)5-9-20-10-6-16/h12-15,17H,3-11H2,1-2H3. The van der Waals surface area contributed by atoms with E-state index in [0.717, 1.165) is 19.1 Å². The zero-order chi connectivity index (χ0) is 14.0. The molecule has 0 aromatic rings. The van der Waals surface area contributed by atoms with E-state index < -0.39 is 0 Å². The fraction of sp³-hybridized carbons (Fsp3) is 1.00. The maximum absolute atomic E-state index is 6.25. The van der Waals surface area contributed by atoms with Crippen LogP contribution in [0.5, 0.6) is 0 Å². The molecule has 3 aliphatic rings. The van der Waals surface area contributed by atoms with Gasteiger partial charge >= 0.3 is 0 Å². The molecule has 4 heteroatoms. The summed E-state index contributed by atoms with van der Waals surface area (Å²) in [7, 11) is 2.13. The van der Waals surface area contributed by atoms with E-state index in [1.54, 1.807) is 0 Å². The number of nitrogens with one attached hydrogen (secondary N) is 1. The molecule has 20 heavy (non-hydrogen) atoms. The van der Waals surface area contributed by atoms with Gasteiger partial charge in [-0.2, -0.15) is 11.8 Å². The van der Waals surface area contributed by atoms with Crippen LogP contribution in [0.4, 0.5) is 0 Å². The average Bonchev–Trinajstić information content (AvgIpc) is 2.87.